The van der Waals surface area contributed by atoms with Crippen molar-refractivity contribution in [3.8, 4) is 12.3 Å². The second-order valence-electron chi connectivity index (χ2n) is 1.32. The largest absolute Gasteiger partial charge is 0.253 e. The van der Waals surface area contributed by atoms with Crippen LogP contribution in [0.5, 0.6) is 0 Å². The van der Waals surface area contributed by atoms with E-state index in [1.807, 2.05) is 0 Å². The van der Waals surface area contributed by atoms with Gasteiger partial charge in [0.25, 0.3) is 0 Å². The molecular weight excluding hydrogens is 98.1 g/mol. The Morgan fingerprint density at radius 2 is 2.62 bits per heavy atom. The summed E-state index contributed by atoms with van der Waals surface area (Å²) in [5.41, 5.74) is 0.795. The highest BCUT2D eigenvalue weighted by Gasteiger charge is 1.78. The maximum atomic E-state index is 5.05. The van der Waals surface area contributed by atoms with Gasteiger partial charge < -0.3 is 0 Å². The highest BCUT2D eigenvalue weighted by molar-refractivity contribution is 5.27. The second kappa shape index (κ2) is 2.13. The highest BCUT2D eigenvalue weighted by Crippen LogP contribution is 1.88. The Morgan fingerprint density at radius 3 is 3.00 bits per heavy atom. The van der Waals surface area contributed by atoms with Gasteiger partial charge in [-0.1, -0.05) is 5.92 Å². The van der Waals surface area contributed by atoms with Gasteiger partial charge in [-0.15, -0.1) is 6.42 Å². The molecule has 1 aromatic heterocycles. The predicted octanol–water partition coefficient (Wildman–Crippen LogP) is 0.863. The lowest BCUT2D eigenvalue weighted by Gasteiger charge is -1.81. The van der Waals surface area contributed by atoms with E-state index in [4.69, 9.17) is 6.42 Å². The van der Waals surface area contributed by atoms with E-state index in [-0.39, 0.29) is 0 Å². The van der Waals surface area contributed by atoms with E-state index < -0.39 is 0 Å². The summed E-state index contributed by atoms with van der Waals surface area (Å²) in [6.45, 7) is 0. The van der Waals surface area contributed by atoms with Gasteiger partial charge in [-0.05, 0) is 12.1 Å². The fourth-order valence-electron chi connectivity index (χ4n) is 0.405. The first-order chi connectivity index (χ1) is 3.93. The molecule has 0 amide bonds. The van der Waals surface area contributed by atoms with Gasteiger partial charge in [0.05, 0.1) is 6.20 Å². The van der Waals surface area contributed by atoms with E-state index >= 15 is 0 Å². The molecule has 0 saturated heterocycles. The molecular formula is C7H4N. The third kappa shape index (κ3) is 0.855. The summed E-state index contributed by atoms with van der Waals surface area (Å²) >= 11 is 0. The molecule has 8 heavy (non-hydrogen) atoms. The molecule has 0 bridgehead atoms. The van der Waals surface area contributed by atoms with Crippen LogP contribution in [0.4, 0.5) is 0 Å². The van der Waals surface area contributed by atoms with Crippen molar-refractivity contribution in [3.05, 3.63) is 30.1 Å². The quantitative estimate of drug-likeness (QED) is 0.443. The zero-order valence-corrected chi connectivity index (χ0v) is 4.26. The molecule has 0 aliphatic carbocycles. The molecule has 0 aliphatic rings. The first-order valence-corrected chi connectivity index (χ1v) is 2.22. The number of hydrogen-bond donors (Lipinski definition) is 0. The van der Waals surface area contributed by atoms with Crippen LogP contribution in [0, 0.1) is 18.5 Å². The van der Waals surface area contributed by atoms with E-state index in [1.165, 1.54) is 0 Å². The highest BCUT2D eigenvalue weighted by atomic mass is 14.6. The van der Waals surface area contributed by atoms with Crippen LogP contribution >= 0.6 is 0 Å². The van der Waals surface area contributed by atoms with Gasteiger partial charge >= 0.3 is 0 Å². The maximum Gasteiger partial charge on any atom is 0.0887 e. The third-order valence-electron chi connectivity index (χ3n) is 0.782. The maximum absolute atomic E-state index is 5.05. The fourth-order valence-corrected chi connectivity index (χ4v) is 0.405. The number of pyridine rings is 1. The zero-order chi connectivity index (χ0) is 5.82. The van der Waals surface area contributed by atoms with Crippen LogP contribution in [0.25, 0.3) is 0 Å². The van der Waals surface area contributed by atoms with E-state index in [0.717, 1.165) is 5.56 Å². The van der Waals surface area contributed by atoms with Crippen molar-refractivity contribution >= 4 is 0 Å². The molecule has 1 rings (SSSR count). The predicted molar refractivity (Wildman–Crippen MR) is 31.0 cm³/mol. The SMILES string of the molecule is C#Cc1cc[c]nc1. The molecule has 0 aromatic carbocycles. The molecule has 0 saturated carbocycles. The summed E-state index contributed by atoms with van der Waals surface area (Å²) in [5.74, 6) is 2.44. The lowest BCUT2D eigenvalue weighted by Crippen LogP contribution is -1.72. The fraction of sp³-hybridized carbons (Fsp3) is 0. The molecule has 0 aliphatic heterocycles. The van der Waals surface area contributed by atoms with Crippen LogP contribution < -0.4 is 0 Å². The van der Waals surface area contributed by atoms with Crippen molar-refractivity contribution in [1.29, 1.82) is 0 Å². The van der Waals surface area contributed by atoms with E-state index in [0.29, 0.717) is 0 Å². The normalized spacial score (nSPS) is 7.88. The molecule has 37 valence electrons. The molecule has 0 unspecified atom stereocenters. The summed E-state index contributed by atoms with van der Waals surface area (Å²) in [5, 5.41) is 0. The standard InChI is InChI=1S/C7H4N/c1-2-7-4-3-5-8-6-7/h1,3-4,6H. The van der Waals surface area contributed by atoms with Gasteiger partial charge in [0.15, 0.2) is 0 Å². The van der Waals surface area contributed by atoms with Crippen LogP contribution in [0.2, 0.25) is 0 Å². The molecule has 0 N–H and O–H groups in total. The molecule has 1 heterocycles. The average Bonchev–Trinajstić information content (AvgIpc) is 1.90. The van der Waals surface area contributed by atoms with Gasteiger partial charge in [-0.2, -0.15) is 0 Å². The van der Waals surface area contributed by atoms with Crippen LogP contribution in [0.1, 0.15) is 5.56 Å². The smallest absolute Gasteiger partial charge is 0.0887 e. The van der Waals surface area contributed by atoms with Gasteiger partial charge in [-0.25, -0.2) is 0 Å². The molecule has 0 atom stereocenters. The van der Waals surface area contributed by atoms with E-state index in [1.54, 1.807) is 18.3 Å². The Labute approximate surface area is 48.4 Å². The molecule has 1 radical (unpaired) electrons. The van der Waals surface area contributed by atoms with Crippen LogP contribution in [-0.2, 0) is 0 Å². The first-order valence-electron chi connectivity index (χ1n) is 2.22. The minimum atomic E-state index is 0.795. The third-order valence-corrected chi connectivity index (χ3v) is 0.782. The Balaban J connectivity index is 3.05. The first kappa shape index (κ1) is 4.86. The van der Waals surface area contributed by atoms with Crippen molar-refractivity contribution in [2.45, 2.75) is 0 Å². The molecule has 1 nitrogen and oxygen atoms in total. The van der Waals surface area contributed by atoms with Gasteiger partial charge in [0.1, 0.15) is 0 Å². The Bertz CT molecular complexity index is 195. The number of hydrogen-bond acceptors (Lipinski definition) is 1. The Kier molecular flexibility index (Phi) is 1.29. The zero-order valence-electron chi connectivity index (χ0n) is 4.26. The number of rotatable bonds is 0. The van der Waals surface area contributed by atoms with Crippen molar-refractivity contribution < 1.29 is 0 Å². The molecule has 1 heteroatoms. The number of terminal acetylenes is 1. The summed E-state index contributed by atoms with van der Waals surface area (Å²) < 4.78 is 0. The van der Waals surface area contributed by atoms with Crippen LogP contribution in [0.3, 0.4) is 0 Å². The number of aromatic nitrogens is 1. The minimum Gasteiger partial charge on any atom is -0.253 e. The van der Waals surface area contributed by atoms with Crippen molar-refractivity contribution in [2.24, 2.45) is 0 Å². The van der Waals surface area contributed by atoms with Gasteiger partial charge in [-0.3, -0.25) is 4.98 Å². The lowest BCUT2D eigenvalue weighted by atomic mass is 10.3. The molecule has 0 fully saturated rings. The minimum absolute atomic E-state index is 0.795. The van der Waals surface area contributed by atoms with Crippen LogP contribution in [-0.4, -0.2) is 4.98 Å². The molecule has 1 aromatic rings. The average molecular weight is 102 g/mol. The molecule has 0 spiro atoms. The van der Waals surface area contributed by atoms with Crippen molar-refractivity contribution in [2.75, 3.05) is 0 Å². The topological polar surface area (TPSA) is 12.9 Å². The van der Waals surface area contributed by atoms with Crippen LogP contribution in [0.15, 0.2) is 18.3 Å². The van der Waals surface area contributed by atoms with Gasteiger partial charge in [0.2, 0.25) is 0 Å². The van der Waals surface area contributed by atoms with E-state index in [9.17, 15) is 0 Å². The summed E-state index contributed by atoms with van der Waals surface area (Å²) in [7, 11) is 0. The second-order valence-corrected chi connectivity index (χ2v) is 1.32. The Morgan fingerprint density at radius 1 is 1.75 bits per heavy atom. The summed E-state index contributed by atoms with van der Waals surface area (Å²) in [6, 6.07) is 3.47. The Hall–Kier alpha value is -1.29. The summed E-state index contributed by atoms with van der Waals surface area (Å²) in [6.07, 6.45) is 9.26. The monoisotopic (exact) mass is 102 g/mol. The van der Waals surface area contributed by atoms with E-state index in [2.05, 4.69) is 17.1 Å². The summed E-state index contributed by atoms with van der Waals surface area (Å²) in [4.78, 5) is 3.69. The lowest BCUT2D eigenvalue weighted by molar-refractivity contribution is 1.30. The van der Waals surface area contributed by atoms with Gasteiger partial charge in [0, 0.05) is 11.8 Å². The number of nitrogens with zero attached hydrogens (tertiary/aromatic N) is 1. The van der Waals surface area contributed by atoms with Crippen molar-refractivity contribution in [3.63, 3.8) is 0 Å². The van der Waals surface area contributed by atoms with Crippen molar-refractivity contribution in [1.82, 2.24) is 4.98 Å².